The normalized spacial score (nSPS) is 27.6. The number of halogens is 2. The lowest BCUT2D eigenvalue weighted by atomic mass is 9.73. The monoisotopic (exact) mass is 469 g/mol. The lowest BCUT2D eigenvalue weighted by molar-refractivity contribution is -0.127. The van der Waals surface area contributed by atoms with E-state index in [0.29, 0.717) is 24.6 Å². The molecule has 4 heterocycles. The standard InChI is InChI=1S/C22H31N5O2.2ClH/c28-22(14-29-13-21-25-17-5-1-2-6-18(17)26-21)24-12-20-16-9-15(10-23-11-16)19-7-3-4-8-27(19)20;;/h1-2,5-6,15-16,19-20,23H,3-4,7-14H2,(H,24,28)(H,25,26);2*1H/t15-,16+,19+,20+;;/m1../s1. The van der Waals surface area contributed by atoms with Crippen LogP contribution in [0.5, 0.6) is 0 Å². The molecule has 4 atom stereocenters. The van der Waals surface area contributed by atoms with Crippen molar-refractivity contribution in [2.45, 2.75) is 44.4 Å². The number of nitrogens with zero attached hydrogens (tertiary/aromatic N) is 2. The third-order valence-corrected chi connectivity index (χ3v) is 6.94. The molecule has 3 N–H and O–H groups in total. The Morgan fingerprint density at radius 1 is 1.19 bits per heavy atom. The van der Waals surface area contributed by atoms with E-state index in [1.54, 1.807) is 0 Å². The van der Waals surface area contributed by atoms with Crippen molar-refractivity contribution >= 4 is 41.8 Å². The second kappa shape index (κ2) is 11.0. The number of aromatic nitrogens is 2. The van der Waals surface area contributed by atoms with Crippen LogP contribution in [0.4, 0.5) is 0 Å². The summed E-state index contributed by atoms with van der Waals surface area (Å²) in [7, 11) is 0. The van der Waals surface area contributed by atoms with E-state index in [-0.39, 0.29) is 37.3 Å². The number of ether oxygens (including phenoxy) is 1. The number of carbonyl (C=O) groups is 1. The number of hydrogen-bond acceptors (Lipinski definition) is 5. The van der Waals surface area contributed by atoms with E-state index in [9.17, 15) is 4.79 Å². The van der Waals surface area contributed by atoms with Crippen LogP contribution >= 0.6 is 24.8 Å². The van der Waals surface area contributed by atoms with Crippen LogP contribution in [-0.2, 0) is 16.1 Å². The highest BCUT2D eigenvalue weighted by Gasteiger charge is 2.45. The summed E-state index contributed by atoms with van der Waals surface area (Å²) < 4.78 is 5.61. The van der Waals surface area contributed by atoms with Gasteiger partial charge in [-0.2, -0.15) is 0 Å². The molecule has 31 heavy (non-hydrogen) atoms. The minimum atomic E-state index is -0.0411. The Morgan fingerprint density at radius 3 is 2.90 bits per heavy atom. The predicted molar refractivity (Wildman–Crippen MR) is 126 cm³/mol. The van der Waals surface area contributed by atoms with E-state index >= 15 is 0 Å². The van der Waals surface area contributed by atoms with Gasteiger partial charge in [-0.05, 0) is 62.9 Å². The summed E-state index contributed by atoms with van der Waals surface area (Å²) in [4.78, 5) is 22.8. The third-order valence-electron chi connectivity index (χ3n) is 6.94. The second-order valence-electron chi connectivity index (χ2n) is 8.78. The van der Waals surface area contributed by atoms with Crippen LogP contribution in [0.1, 0.15) is 31.5 Å². The predicted octanol–water partition coefficient (Wildman–Crippen LogP) is 2.50. The van der Waals surface area contributed by atoms with Crippen LogP contribution in [0, 0.1) is 11.8 Å². The highest BCUT2D eigenvalue weighted by atomic mass is 35.5. The van der Waals surface area contributed by atoms with Crippen LogP contribution in [-0.4, -0.2) is 65.6 Å². The van der Waals surface area contributed by atoms with E-state index in [2.05, 4.69) is 25.5 Å². The van der Waals surface area contributed by atoms with Gasteiger partial charge < -0.3 is 20.4 Å². The summed E-state index contributed by atoms with van der Waals surface area (Å²) in [5.74, 6) is 2.13. The first-order valence-corrected chi connectivity index (χ1v) is 11.0. The molecule has 3 aliphatic heterocycles. The van der Waals surface area contributed by atoms with E-state index in [4.69, 9.17) is 4.74 Å². The first-order valence-electron chi connectivity index (χ1n) is 11.0. The van der Waals surface area contributed by atoms with Crippen molar-refractivity contribution in [1.82, 2.24) is 25.5 Å². The van der Waals surface area contributed by atoms with Crippen molar-refractivity contribution in [3.63, 3.8) is 0 Å². The van der Waals surface area contributed by atoms with Gasteiger partial charge in [0.15, 0.2) is 0 Å². The van der Waals surface area contributed by atoms with Crippen molar-refractivity contribution < 1.29 is 9.53 Å². The molecule has 172 valence electrons. The molecule has 3 saturated heterocycles. The topological polar surface area (TPSA) is 82.3 Å². The largest absolute Gasteiger partial charge is 0.364 e. The van der Waals surface area contributed by atoms with Gasteiger partial charge in [-0.1, -0.05) is 18.6 Å². The number of rotatable bonds is 6. The molecule has 9 heteroatoms. The number of amides is 1. The van der Waals surface area contributed by atoms with Crippen molar-refractivity contribution in [2.75, 3.05) is 32.8 Å². The van der Waals surface area contributed by atoms with E-state index < -0.39 is 0 Å². The number of nitrogens with one attached hydrogen (secondary N) is 3. The quantitative estimate of drug-likeness (QED) is 0.605. The molecule has 1 amide bonds. The molecule has 0 saturated carbocycles. The molecule has 5 rings (SSSR count). The van der Waals surface area contributed by atoms with Gasteiger partial charge in [-0.25, -0.2) is 4.98 Å². The van der Waals surface area contributed by atoms with Gasteiger partial charge in [0.25, 0.3) is 0 Å². The van der Waals surface area contributed by atoms with Gasteiger partial charge in [0.2, 0.25) is 5.91 Å². The Labute approximate surface area is 195 Å². The Balaban J connectivity index is 0.00000136. The number of para-hydroxylation sites is 2. The zero-order valence-corrected chi connectivity index (χ0v) is 19.4. The molecule has 0 aliphatic carbocycles. The van der Waals surface area contributed by atoms with Gasteiger partial charge >= 0.3 is 0 Å². The molecule has 0 radical (unpaired) electrons. The minimum absolute atomic E-state index is 0. The molecule has 0 unspecified atom stereocenters. The minimum Gasteiger partial charge on any atom is -0.364 e. The van der Waals surface area contributed by atoms with E-state index in [0.717, 1.165) is 42.4 Å². The van der Waals surface area contributed by atoms with E-state index in [1.807, 2.05) is 24.3 Å². The SMILES string of the molecule is Cl.Cl.O=C(COCc1nc2ccccc2[nH]1)NC[C@H]1[C@@H]2CNC[C@@H](C2)[C@@H]2CCCCN21. The summed E-state index contributed by atoms with van der Waals surface area (Å²) >= 11 is 0. The zero-order valence-electron chi connectivity index (χ0n) is 17.7. The van der Waals surface area contributed by atoms with Gasteiger partial charge in [-0.15, -0.1) is 24.8 Å². The van der Waals surface area contributed by atoms with Gasteiger partial charge in [0.1, 0.15) is 19.0 Å². The number of imidazole rings is 1. The number of aromatic amines is 1. The number of carbonyl (C=O) groups excluding carboxylic acids is 1. The van der Waals surface area contributed by atoms with Gasteiger partial charge in [-0.3, -0.25) is 9.69 Å². The number of benzene rings is 1. The van der Waals surface area contributed by atoms with Crippen molar-refractivity contribution in [2.24, 2.45) is 11.8 Å². The van der Waals surface area contributed by atoms with Crippen LogP contribution in [0.2, 0.25) is 0 Å². The average molecular weight is 470 g/mol. The summed E-state index contributed by atoms with van der Waals surface area (Å²) in [5.41, 5.74) is 1.91. The van der Waals surface area contributed by atoms with Crippen molar-refractivity contribution in [1.29, 1.82) is 0 Å². The zero-order chi connectivity index (χ0) is 19.6. The summed E-state index contributed by atoms with van der Waals surface area (Å²) in [5, 5.41) is 6.76. The lowest BCUT2D eigenvalue weighted by Crippen LogP contribution is -2.65. The molecule has 2 bridgehead atoms. The number of H-pyrrole nitrogens is 1. The highest BCUT2D eigenvalue weighted by Crippen LogP contribution is 2.38. The summed E-state index contributed by atoms with van der Waals surface area (Å²) in [6.07, 6.45) is 5.24. The van der Waals surface area contributed by atoms with Crippen molar-refractivity contribution in [3.8, 4) is 0 Å². The van der Waals surface area contributed by atoms with E-state index in [1.165, 1.54) is 32.2 Å². The first-order chi connectivity index (χ1) is 14.3. The van der Waals surface area contributed by atoms with Crippen LogP contribution < -0.4 is 10.6 Å². The number of hydrogen-bond donors (Lipinski definition) is 3. The molecular weight excluding hydrogens is 437 g/mol. The van der Waals surface area contributed by atoms with Gasteiger partial charge in [0, 0.05) is 18.6 Å². The Morgan fingerprint density at radius 2 is 2.03 bits per heavy atom. The van der Waals surface area contributed by atoms with Gasteiger partial charge in [0.05, 0.1) is 11.0 Å². The highest BCUT2D eigenvalue weighted by molar-refractivity contribution is 5.85. The Hall–Kier alpha value is -1.38. The fraction of sp³-hybridized carbons (Fsp3) is 0.636. The molecule has 2 aromatic rings. The third kappa shape index (κ3) is 5.34. The second-order valence-corrected chi connectivity index (χ2v) is 8.78. The summed E-state index contributed by atoms with van der Waals surface area (Å²) in [6.45, 7) is 4.52. The van der Waals surface area contributed by atoms with Crippen LogP contribution in [0.15, 0.2) is 24.3 Å². The lowest BCUT2D eigenvalue weighted by Gasteiger charge is -2.55. The number of piperidine rings is 3. The Bertz CT molecular complexity index is 830. The van der Waals surface area contributed by atoms with Crippen LogP contribution in [0.3, 0.4) is 0 Å². The molecule has 3 fully saturated rings. The molecule has 1 aromatic heterocycles. The molecular formula is C22H33Cl2N5O2. The summed E-state index contributed by atoms with van der Waals surface area (Å²) in [6, 6.07) is 9.03. The number of fused-ring (bicyclic) bond motifs is 5. The fourth-order valence-corrected chi connectivity index (χ4v) is 5.63. The average Bonchev–Trinajstić information content (AvgIpc) is 3.17. The molecule has 1 aromatic carbocycles. The molecule has 0 spiro atoms. The van der Waals surface area contributed by atoms with Crippen LogP contribution in [0.25, 0.3) is 11.0 Å². The Kier molecular flexibility index (Phi) is 8.58. The maximum absolute atomic E-state index is 12.4. The molecule has 7 nitrogen and oxygen atoms in total. The first kappa shape index (κ1) is 24.3. The smallest absolute Gasteiger partial charge is 0.246 e. The maximum Gasteiger partial charge on any atom is 0.246 e. The van der Waals surface area contributed by atoms with Crippen molar-refractivity contribution in [3.05, 3.63) is 30.1 Å². The fourth-order valence-electron chi connectivity index (χ4n) is 5.63. The molecule has 3 aliphatic rings. The maximum atomic E-state index is 12.4.